The summed E-state index contributed by atoms with van der Waals surface area (Å²) in [5.41, 5.74) is 4.09. The van der Waals surface area contributed by atoms with E-state index in [-0.39, 0.29) is 4.90 Å². The van der Waals surface area contributed by atoms with Gasteiger partial charge in [0, 0.05) is 9.92 Å². The Kier molecular flexibility index (Phi) is 7.95. The molecule has 3 aromatic rings. The molecule has 0 aromatic heterocycles. The van der Waals surface area contributed by atoms with Crippen LogP contribution in [0.1, 0.15) is 11.1 Å². The molecule has 0 spiro atoms. The summed E-state index contributed by atoms with van der Waals surface area (Å²) in [6.07, 6.45) is 3.49. The van der Waals surface area contributed by atoms with Gasteiger partial charge in [0.05, 0.1) is 16.8 Å². The quantitative estimate of drug-likeness (QED) is 0.283. The molecule has 0 atom stereocenters. The molecule has 3 rings (SSSR count). The summed E-state index contributed by atoms with van der Waals surface area (Å²) in [7, 11) is -4.01. The van der Waals surface area contributed by atoms with Crippen LogP contribution in [-0.2, 0) is 14.8 Å². The van der Waals surface area contributed by atoms with E-state index in [9.17, 15) is 13.2 Å². The van der Waals surface area contributed by atoms with E-state index in [1.165, 1.54) is 18.3 Å². The highest BCUT2D eigenvalue weighted by Crippen LogP contribution is 2.30. The first kappa shape index (κ1) is 23.8. The number of nitrogens with zero attached hydrogens (tertiary/aromatic N) is 2. The van der Waals surface area contributed by atoms with Crippen molar-refractivity contribution in [2.45, 2.75) is 16.7 Å². The monoisotopic (exact) mass is 487 g/mol. The second kappa shape index (κ2) is 10.7. The van der Waals surface area contributed by atoms with E-state index in [1.54, 1.807) is 55.1 Å². The van der Waals surface area contributed by atoms with E-state index in [4.69, 9.17) is 11.6 Å². The number of hydrazone groups is 1. The van der Waals surface area contributed by atoms with E-state index in [0.29, 0.717) is 16.3 Å². The highest BCUT2D eigenvalue weighted by atomic mass is 35.5. The number of carbonyl (C=O) groups excluding carboxylic acids is 1. The van der Waals surface area contributed by atoms with Gasteiger partial charge in [0.25, 0.3) is 15.9 Å². The lowest BCUT2D eigenvalue weighted by molar-refractivity contribution is -0.119. The van der Waals surface area contributed by atoms with Crippen LogP contribution in [0.5, 0.6) is 0 Å². The van der Waals surface area contributed by atoms with Gasteiger partial charge >= 0.3 is 0 Å². The average Bonchev–Trinajstić information content (AvgIpc) is 2.80. The Balaban J connectivity index is 1.84. The minimum atomic E-state index is -4.01. The number of halogens is 1. The van der Waals surface area contributed by atoms with Gasteiger partial charge in [-0.3, -0.25) is 9.10 Å². The second-order valence-electron chi connectivity index (χ2n) is 6.78. The van der Waals surface area contributed by atoms with E-state index < -0.39 is 22.5 Å². The highest BCUT2D eigenvalue weighted by Gasteiger charge is 2.28. The largest absolute Gasteiger partial charge is 0.271 e. The summed E-state index contributed by atoms with van der Waals surface area (Å²) in [6.45, 7) is 1.25. The zero-order valence-electron chi connectivity index (χ0n) is 17.5. The first-order valence-electron chi connectivity index (χ1n) is 9.62. The van der Waals surface area contributed by atoms with Crippen LogP contribution in [0.2, 0.25) is 5.02 Å². The molecule has 1 N–H and O–H groups in total. The molecule has 0 unspecified atom stereocenters. The van der Waals surface area contributed by atoms with Gasteiger partial charge < -0.3 is 0 Å². The molecule has 0 aliphatic rings. The third-order valence-corrected chi connectivity index (χ3v) is 7.57. The molecular formula is C23H22ClN3O3S2. The number of benzene rings is 3. The normalized spacial score (nSPS) is 11.5. The SMILES string of the molecule is CSc1ccc(/C=N\NC(=O)CN(c2cccc(Cl)c2C)S(=O)(=O)c2ccccc2)cc1. The molecule has 9 heteroatoms. The molecule has 0 saturated heterocycles. The Morgan fingerprint density at radius 3 is 2.41 bits per heavy atom. The first-order valence-corrected chi connectivity index (χ1v) is 12.7. The van der Waals surface area contributed by atoms with Crippen LogP contribution in [0.15, 0.2) is 87.7 Å². The van der Waals surface area contributed by atoms with Gasteiger partial charge in [0.1, 0.15) is 6.54 Å². The maximum absolute atomic E-state index is 13.3. The van der Waals surface area contributed by atoms with E-state index in [1.807, 2.05) is 30.5 Å². The van der Waals surface area contributed by atoms with Crippen LogP contribution < -0.4 is 9.73 Å². The van der Waals surface area contributed by atoms with Crippen LogP contribution in [0.4, 0.5) is 5.69 Å². The number of hydrogen-bond donors (Lipinski definition) is 1. The number of carbonyl (C=O) groups is 1. The van der Waals surface area contributed by atoms with Gasteiger partial charge in [0.2, 0.25) is 0 Å². The van der Waals surface area contributed by atoms with Crippen molar-refractivity contribution in [1.29, 1.82) is 0 Å². The zero-order valence-corrected chi connectivity index (χ0v) is 19.9. The second-order valence-corrected chi connectivity index (χ2v) is 9.92. The number of thioether (sulfide) groups is 1. The summed E-state index contributed by atoms with van der Waals surface area (Å²) in [5, 5.41) is 4.37. The molecule has 0 aliphatic carbocycles. The van der Waals surface area contributed by atoms with Gasteiger partial charge in [-0.25, -0.2) is 13.8 Å². The molecule has 32 heavy (non-hydrogen) atoms. The molecule has 0 heterocycles. The minimum absolute atomic E-state index is 0.0737. The van der Waals surface area contributed by atoms with Crippen molar-refractivity contribution in [2.75, 3.05) is 17.1 Å². The maximum Gasteiger partial charge on any atom is 0.264 e. The lowest BCUT2D eigenvalue weighted by atomic mass is 10.2. The Labute approximate surface area is 197 Å². The van der Waals surface area contributed by atoms with Gasteiger partial charge in [-0.15, -0.1) is 11.8 Å². The van der Waals surface area contributed by atoms with Crippen molar-refractivity contribution < 1.29 is 13.2 Å². The summed E-state index contributed by atoms with van der Waals surface area (Å²) in [6, 6.07) is 20.5. The zero-order chi connectivity index (χ0) is 23.1. The number of rotatable bonds is 8. The van der Waals surface area contributed by atoms with Crippen LogP contribution >= 0.6 is 23.4 Å². The van der Waals surface area contributed by atoms with Crippen molar-refractivity contribution >= 4 is 51.2 Å². The molecule has 1 amide bonds. The van der Waals surface area contributed by atoms with E-state index in [2.05, 4.69) is 10.5 Å². The lowest BCUT2D eigenvalue weighted by Gasteiger charge is -2.25. The molecular weight excluding hydrogens is 466 g/mol. The number of hydrogen-bond acceptors (Lipinski definition) is 5. The van der Waals surface area contributed by atoms with Crippen molar-refractivity contribution in [3.8, 4) is 0 Å². The standard InChI is InChI=1S/C23H22ClN3O3S2/c1-17-21(24)9-6-10-22(17)27(32(29,30)20-7-4-3-5-8-20)16-23(28)26-25-15-18-11-13-19(31-2)14-12-18/h3-15H,16H2,1-2H3,(H,26,28)/b25-15-. The Morgan fingerprint density at radius 2 is 1.75 bits per heavy atom. The molecule has 3 aromatic carbocycles. The fraction of sp³-hybridized carbons (Fsp3) is 0.130. The minimum Gasteiger partial charge on any atom is -0.271 e. The molecule has 0 bridgehead atoms. The smallest absolute Gasteiger partial charge is 0.264 e. The topological polar surface area (TPSA) is 78.8 Å². The fourth-order valence-corrected chi connectivity index (χ4v) is 5.00. The predicted octanol–water partition coefficient (Wildman–Crippen LogP) is 4.72. The van der Waals surface area contributed by atoms with E-state index >= 15 is 0 Å². The van der Waals surface area contributed by atoms with Gasteiger partial charge in [-0.05, 0) is 60.7 Å². The van der Waals surface area contributed by atoms with Gasteiger partial charge in [-0.1, -0.05) is 48.0 Å². The molecule has 0 aliphatic heterocycles. The lowest BCUT2D eigenvalue weighted by Crippen LogP contribution is -2.40. The van der Waals surface area contributed by atoms with Crippen molar-refractivity contribution in [2.24, 2.45) is 5.10 Å². The van der Waals surface area contributed by atoms with Crippen LogP contribution in [0.25, 0.3) is 0 Å². The fourth-order valence-electron chi connectivity index (χ4n) is 2.92. The summed E-state index contributed by atoms with van der Waals surface area (Å²) in [4.78, 5) is 13.8. The summed E-state index contributed by atoms with van der Waals surface area (Å²) >= 11 is 7.84. The highest BCUT2D eigenvalue weighted by molar-refractivity contribution is 7.98. The van der Waals surface area contributed by atoms with Crippen molar-refractivity contribution in [3.05, 3.63) is 88.9 Å². The van der Waals surface area contributed by atoms with Crippen LogP contribution in [-0.4, -0.2) is 33.3 Å². The Bertz CT molecular complexity index is 1210. The van der Waals surface area contributed by atoms with Crippen molar-refractivity contribution in [1.82, 2.24) is 5.43 Å². The maximum atomic E-state index is 13.3. The number of nitrogens with one attached hydrogen (secondary N) is 1. The molecule has 6 nitrogen and oxygen atoms in total. The summed E-state index contributed by atoms with van der Waals surface area (Å²) < 4.78 is 27.7. The van der Waals surface area contributed by atoms with Gasteiger partial charge in [-0.2, -0.15) is 5.10 Å². The van der Waals surface area contributed by atoms with Crippen LogP contribution in [0, 0.1) is 6.92 Å². The number of amides is 1. The third-order valence-electron chi connectivity index (χ3n) is 4.64. The van der Waals surface area contributed by atoms with Crippen LogP contribution in [0.3, 0.4) is 0 Å². The average molecular weight is 488 g/mol. The Hall–Kier alpha value is -2.81. The predicted molar refractivity (Wildman–Crippen MR) is 131 cm³/mol. The molecule has 166 valence electrons. The molecule has 0 saturated carbocycles. The molecule has 0 fully saturated rings. The Morgan fingerprint density at radius 1 is 1.06 bits per heavy atom. The molecule has 0 radical (unpaired) electrons. The first-order chi connectivity index (χ1) is 15.3. The van der Waals surface area contributed by atoms with E-state index in [0.717, 1.165) is 14.8 Å². The third kappa shape index (κ3) is 5.70. The summed E-state index contributed by atoms with van der Waals surface area (Å²) in [5.74, 6) is -0.583. The number of sulfonamides is 1. The van der Waals surface area contributed by atoms with Crippen molar-refractivity contribution in [3.63, 3.8) is 0 Å². The number of anilines is 1. The van der Waals surface area contributed by atoms with Gasteiger partial charge in [0.15, 0.2) is 0 Å².